The van der Waals surface area contributed by atoms with E-state index in [2.05, 4.69) is 24.5 Å². The molecule has 3 nitrogen and oxygen atoms in total. The van der Waals surface area contributed by atoms with Gasteiger partial charge in [-0.1, -0.05) is 13.8 Å². The molecule has 0 spiro atoms. The Morgan fingerprint density at radius 3 is 2.93 bits per heavy atom. The summed E-state index contributed by atoms with van der Waals surface area (Å²) < 4.78 is 0. The lowest BCUT2D eigenvalue weighted by Gasteiger charge is -2.23. The van der Waals surface area contributed by atoms with Crippen molar-refractivity contribution in [3.05, 3.63) is 0 Å². The maximum atomic E-state index is 10.9. The smallest absolute Gasteiger partial charge is 0.220 e. The Balaban J connectivity index is 1.99. The van der Waals surface area contributed by atoms with Gasteiger partial charge in [0.25, 0.3) is 0 Å². The van der Waals surface area contributed by atoms with E-state index in [1.54, 1.807) is 0 Å². The summed E-state index contributed by atoms with van der Waals surface area (Å²) in [5.41, 5.74) is 0. The topological polar surface area (TPSA) is 41.1 Å². The van der Waals surface area contributed by atoms with Crippen LogP contribution in [0, 0.1) is 5.92 Å². The van der Waals surface area contributed by atoms with Gasteiger partial charge in [0, 0.05) is 19.0 Å². The summed E-state index contributed by atoms with van der Waals surface area (Å²) in [6, 6.07) is 0.500. The quantitative estimate of drug-likeness (QED) is 0.654. The second kappa shape index (κ2) is 6.02. The molecular weight excluding hydrogens is 176 g/mol. The van der Waals surface area contributed by atoms with E-state index in [4.69, 9.17) is 0 Å². The maximum Gasteiger partial charge on any atom is 0.220 e. The molecule has 82 valence electrons. The van der Waals surface area contributed by atoms with Gasteiger partial charge >= 0.3 is 0 Å². The summed E-state index contributed by atoms with van der Waals surface area (Å²) >= 11 is 0. The Labute approximate surface area is 86.6 Å². The number of hydrogen-bond donors (Lipinski definition) is 2. The molecule has 0 aromatic carbocycles. The van der Waals surface area contributed by atoms with Gasteiger partial charge in [-0.25, -0.2) is 0 Å². The van der Waals surface area contributed by atoms with Crippen molar-refractivity contribution in [3.63, 3.8) is 0 Å². The average molecular weight is 198 g/mol. The highest BCUT2D eigenvalue weighted by atomic mass is 16.1. The van der Waals surface area contributed by atoms with Crippen LogP contribution in [0.5, 0.6) is 0 Å². The average Bonchev–Trinajstić information content (AvgIpc) is 2.15. The van der Waals surface area contributed by atoms with Gasteiger partial charge in [-0.3, -0.25) is 4.79 Å². The Morgan fingerprint density at radius 1 is 1.57 bits per heavy atom. The van der Waals surface area contributed by atoms with Crippen LogP contribution in [0.4, 0.5) is 0 Å². The molecule has 1 saturated heterocycles. The predicted octanol–water partition coefficient (Wildman–Crippen LogP) is 1.29. The minimum atomic E-state index is 0.199. The molecule has 1 amide bonds. The molecule has 0 aromatic heterocycles. The highest BCUT2D eigenvalue weighted by Crippen LogP contribution is 2.05. The molecule has 1 atom stereocenters. The largest absolute Gasteiger partial charge is 0.355 e. The van der Waals surface area contributed by atoms with E-state index in [-0.39, 0.29) is 5.91 Å². The molecule has 1 rings (SSSR count). The van der Waals surface area contributed by atoms with Crippen molar-refractivity contribution < 1.29 is 4.79 Å². The van der Waals surface area contributed by atoms with Crippen LogP contribution in [-0.2, 0) is 4.79 Å². The molecule has 1 heterocycles. The third-order valence-electron chi connectivity index (χ3n) is 2.66. The number of carbonyl (C=O) groups is 1. The highest BCUT2D eigenvalue weighted by molar-refractivity contribution is 5.76. The van der Waals surface area contributed by atoms with Crippen LogP contribution in [0.1, 0.15) is 39.5 Å². The molecule has 0 saturated carbocycles. The van der Waals surface area contributed by atoms with E-state index in [0.717, 1.165) is 25.4 Å². The second-order valence-corrected chi connectivity index (χ2v) is 4.53. The van der Waals surface area contributed by atoms with E-state index in [1.165, 1.54) is 12.8 Å². The molecule has 14 heavy (non-hydrogen) atoms. The fourth-order valence-electron chi connectivity index (χ4n) is 1.72. The molecule has 0 radical (unpaired) electrons. The van der Waals surface area contributed by atoms with Gasteiger partial charge in [-0.2, -0.15) is 0 Å². The first-order chi connectivity index (χ1) is 6.68. The van der Waals surface area contributed by atoms with Crippen LogP contribution in [0.3, 0.4) is 0 Å². The minimum Gasteiger partial charge on any atom is -0.355 e. The lowest BCUT2D eigenvalue weighted by atomic mass is 10.1. The van der Waals surface area contributed by atoms with Gasteiger partial charge in [0.05, 0.1) is 0 Å². The number of rotatable bonds is 5. The number of carbonyl (C=O) groups excluding carboxylic acids is 1. The summed E-state index contributed by atoms with van der Waals surface area (Å²) in [5.74, 6) is 0.994. The highest BCUT2D eigenvalue weighted by Gasteiger charge is 2.16. The number of hydrogen-bond acceptors (Lipinski definition) is 2. The van der Waals surface area contributed by atoms with Gasteiger partial charge < -0.3 is 10.6 Å². The molecule has 1 aliphatic heterocycles. The van der Waals surface area contributed by atoms with Crippen molar-refractivity contribution in [1.29, 1.82) is 0 Å². The first kappa shape index (κ1) is 11.5. The van der Waals surface area contributed by atoms with Crippen molar-refractivity contribution in [1.82, 2.24) is 10.6 Å². The standard InChI is InChI=1S/C11H22N2O/c1-9(2)4-3-7-12-10-5-6-11(14)13-8-10/h9-10,12H,3-8H2,1-2H3,(H,13,14). The Hall–Kier alpha value is -0.570. The first-order valence-corrected chi connectivity index (χ1v) is 5.68. The van der Waals surface area contributed by atoms with Crippen LogP contribution in [0.2, 0.25) is 0 Å². The van der Waals surface area contributed by atoms with Gasteiger partial charge in [-0.05, 0) is 31.7 Å². The predicted molar refractivity (Wildman–Crippen MR) is 58.1 cm³/mol. The van der Waals surface area contributed by atoms with Crippen molar-refractivity contribution in [2.45, 2.75) is 45.6 Å². The van der Waals surface area contributed by atoms with E-state index in [0.29, 0.717) is 12.5 Å². The zero-order valence-corrected chi connectivity index (χ0v) is 9.31. The fourth-order valence-corrected chi connectivity index (χ4v) is 1.72. The van der Waals surface area contributed by atoms with Crippen molar-refractivity contribution in [2.75, 3.05) is 13.1 Å². The van der Waals surface area contributed by atoms with Gasteiger partial charge in [0.1, 0.15) is 0 Å². The fraction of sp³-hybridized carbons (Fsp3) is 0.909. The molecule has 2 N–H and O–H groups in total. The number of amides is 1. The molecule has 0 aliphatic carbocycles. The minimum absolute atomic E-state index is 0.199. The van der Waals surface area contributed by atoms with Crippen LogP contribution in [0.25, 0.3) is 0 Å². The Kier molecular flexibility index (Phi) is 4.94. The zero-order chi connectivity index (χ0) is 10.4. The van der Waals surface area contributed by atoms with Crippen LogP contribution >= 0.6 is 0 Å². The Bertz CT molecular complexity index is 170. The number of piperidine rings is 1. The summed E-state index contributed by atoms with van der Waals surface area (Å²) in [4.78, 5) is 10.9. The van der Waals surface area contributed by atoms with E-state index < -0.39 is 0 Å². The van der Waals surface area contributed by atoms with E-state index in [1.807, 2.05) is 0 Å². The second-order valence-electron chi connectivity index (χ2n) is 4.53. The van der Waals surface area contributed by atoms with Gasteiger partial charge in [0.2, 0.25) is 5.91 Å². The SMILES string of the molecule is CC(C)CCCNC1CCC(=O)NC1. The van der Waals surface area contributed by atoms with Gasteiger partial charge in [0.15, 0.2) is 0 Å². The summed E-state index contributed by atoms with van der Waals surface area (Å²) in [5, 5.41) is 6.36. The van der Waals surface area contributed by atoms with Crippen LogP contribution in [-0.4, -0.2) is 25.0 Å². The lowest BCUT2D eigenvalue weighted by Crippen LogP contribution is -2.45. The third kappa shape index (κ3) is 4.61. The molecule has 0 bridgehead atoms. The Morgan fingerprint density at radius 2 is 2.36 bits per heavy atom. The van der Waals surface area contributed by atoms with E-state index >= 15 is 0 Å². The molecule has 1 unspecified atom stereocenters. The molecule has 0 aromatic rings. The molecular formula is C11H22N2O. The van der Waals surface area contributed by atoms with Crippen LogP contribution in [0.15, 0.2) is 0 Å². The molecule has 1 fully saturated rings. The molecule has 1 aliphatic rings. The number of nitrogens with one attached hydrogen (secondary N) is 2. The van der Waals surface area contributed by atoms with Gasteiger partial charge in [-0.15, -0.1) is 0 Å². The van der Waals surface area contributed by atoms with E-state index in [9.17, 15) is 4.79 Å². The summed E-state index contributed by atoms with van der Waals surface area (Å²) in [6.45, 7) is 6.39. The normalized spacial score (nSPS) is 22.5. The zero-order valence-electron chi connectivity index (χ0n) is 9.31. The van der Waals surface area contributed by atoms with Crippen molar-refractivity contribution in [2.24, 2.45) is 5.92 Å². The summed E-state index contributed by atoms with van der Waals surface area (Å²) in [6.07, 6.45) is 4.20. The third-order valence-corrected chi connectivity index (χ3v) is 2.66. The van der Waals surface area contributed by atoms with Crippen LogP contribution < -0.4 is 10.6 Å². The molecule has 3 heteroatoms. The maximum absolute atomic E-state index is 10.9. The monoisotopic (exact) mass is 198 g/mol. The lowest BCUT2D eigenvalue weighted by molar-refractivity contribution is -0.122. The first-order valence-electron chi connectivity index (χ1n) is 5.68. The van der Waals surface area contributed by atoms with Crippen molar-refractivity contribution in [3.8, 4) is 0 Å². The summed E-state index contributed by atoms with van der Waals surface area (Å²) in [7, 11) is 0. The van der Waals surface area contributed by atoms with Crippen molar-refractivity contribution >= 4 is 5.91 Å².